The summed E-state index contributed by atoms with van der Waals surface area (Å²) in [5.74, 6) is -1.02. The van der Waals surface area contributed by atoms with Gasteiger partial charge in [0, 0.05) is 26.6 Å². The molecule has 180 valence electrons. The number of benzene rings is 2. The van der Waals surface area contributed by atoms with Crippen LogP contribution in [-0.2, 0) is 4.79 Å². The van der Waals surface area contributed by atoms with Crippen molar-refractivity contribution in [3.8, 4) is 22.4 Å². The minimum Gasteiger partial charge on any atom is -0.432 e. The Morgan fingerprint density at radius 1 is 1.03 bits per heavy atom. The van der Waals surface area contributed by atoms with Gasteiger partial charge < -0.3 is 14.8 Å². The number of pyridine rings is 1. The number of rotatable bonds is 5. The average Bonchev–Trinajstić information content (AvgIpc) is 3.15. The van der Waals surface area contributed by atoms with Crippen molar-refractivity contribution in [1.82, 2.24) is 4.98 Å². The van der Waals surface area contributed by atoms with Gasteiger partial charge in [0.15, 0.2) is 5.76 Å². The normalized spacial score (nSPS) is 12.5. The topological polar surface area (TPSA) is 92.4 Å². The summed E-state index contributed by atoms with van der Waals surface area (Å²) in [7, 11) is 0. The number of aliphatic hydroxyl groups excluding tert-OH is 1. The molecule has 1 amide bonds. The Hall–Kier alpha value is -3.19. The van der Waals surface area contributed by atoms with E-state index in [1.807, 2.05) is 30.3 Å². The SMILES string of the molecule is CC(O)C(=O)Nc1c(C(=O)C(C)(C)C)oc2nc(-c3ccccc3Cl)c(-c3ccc(Cl)cc3)cc12. The number of amides is 1. The first-order valence-electron chi connectivity index (χ1n) is 11.0. The standard InChI is InChI=1S/C27H24Cl2N2O4/c1-14(32)25(34)30-22-19-13-18(15-9-11-16(28)12-10-15)21(17-7-5-6-8-20(17)29)31-26(19)35-23(22)24(33)27(2,3)4/h5-14,32H,1-4H3,(H,30,34). The van der Waals surface area contributed by atoms with Gasteiger partial charge in [0.05, 0.1) is 11.1 Å². The number of furan rings is 1. The fourth-order valence-corrected chi connectivity index (χ4v) is 3.93. The highest BCUT2D eigenvalue weighted by Crippen LogP contribution is 2.41. The molecule has 4 rings (SSSR count). The Morgan fingerprint density at radius 3 is 2.29 bits per heavy atom. The van der Waals surface area contributed by atoms with Crippen LogP contribution in [0.3, 0.4) is 0 Å². The summed E-state index contributed by atoms with van der Waals surface area (Å²) >= 11 is 12.6. The van der Waals surface area contributed by atoms with Crippen molar-refractivity contribution in [3.63, 3.8) is 0 Å². The fraction of sp³-hybridized carbons (Fsp3) is 0.222. The molecule has 0 saturated heterocycles. The Balaban J connectivity index is 2.06. The molecule has 2 aromatic heterocycles. The molecule has 0 bridgehead atoms. The van der Waals surface area contributed by atoms with Gasteiger partial charge in [-0.05, 0) is 36.8 Å². The number of anilines is 1. The van der Waals surface area contributed by atoms with Crippen LogP contribution in [0.1, 0.15) is 38.2 Å². The number of aromatic nitrogens is 1. The van der Waals surface area contributed by atoms with Crippen molar-refractivity contribution in [2.75, 3.05) is 5.32 Å². The highest BCUT2D eigenvalue weighted by atomic mass is 35.5. The molecule has 0 saturated carbocycles. The van der Waals surface area contributed by atoms with E-state index in [2.05, 4.69) is 5.32 Å². The molecule has 0 aliphatic heterocycles. The maximum Gasteiger partial charge on any atom is 0.253 e. The molecular weight excluding hydrogens is 487 g/mol. The summed E-state index contributed by atoms with van der Waals surface area (Å²) in [6, 6.07) is 16.3. The van der Waals surface area contributed by atoms with Crippen molar-refractivity contribution in [3.05, 3.63) is 70.4 Å². The second-order valence-electron chi connectivity index (χ2n) is 9.27. The molecule has 1 unspecified atom stereocenters. The quantitative estimate of drug-likeness (QED) is 0.281. The first-order chi connectivity index (χ1) is 16.5. The van der Waals surface area contributed by atoms with E-state index in [9.17, 15) is 14.7 Å². The lowest BCUT2D eigenvalue weighted by atomic mass is 9.88. The smallest absolute Gasteiger partial charge is 0.253 e. The van der Waals surface area contributed by atoms with Crippen molar-refractivity contribution < 1.29 is 19.1 Å². The zero-order chi connectivity index (χ0) is 25.5. The van der Waals surface area contributed by atoms with Crippen molar-refractivity contribution in [2.45, 2.75) is 33.8 Å². The molecule has 0 fully saturated rings. The van der Waals surface area contributed by atoms with Gasteiger partial charge in [-0.3, -0.25) is 9.59 Å². The van der Waals surface area contributed by atoms with Crippen LogP contribution in [0, 0.1) is 5.41 Å². The third-order valence-electron chi connectivity index (χ3n) is 5.48. The molecule has 8 heteroatoms. The first-order valence-corrected chi connectivity index (χ1v) is 11.7. The molecule has 0 aliphatic carbocycles. The summed E-state index contributed by atoms with van der Waals surface area (Å²) in [6.45, 7) is 6.61. The second kappa shape index (κ2) is 9.46. The highest BCUT2D eigenvalue weighted by Gasteiger charge is 2.32. The Labute approximate surface area is 212 Å². The van der Waals surface area contributed by atoms with E-state index in [0.29, 0.717) is 32.3 Å². The summed E-state index contributed by atoms with van der Waals surface area (Å²) in [6.07, 6.45) is -1.29. The van der Waals surface area contributed by atoms with Gasteiger partial charge in [-0.1, -0.05) is 74.3 Å². The largest absolute Gasteiger partial charge is 0.432 e. The Kier molecular flexibility index (Phi) is 6.73. The third kappa shape index (κ3) is 4.96. The number of aliphatic hydroxyl groups is 1. The minimum absolute atomic E-state index is 0.0348. The highest BCUT2D eigenvalue weighted by molar-refractivity contribution is 6.33. The van der Waals surface area contributed by atoms with Crippen LogP contribution >= 0.6 is 23.2 Å². The van der Waals surface area contributed by atoms with Crippen LogP contribution in [0.15, 0.2) is 59.0 Å². The molecule has 6 nitrogen and oxygen atoms in total. The van der Waals surface area contributed by atoms with Crippen molar-refractivity contribution in [1.29, 1.82) is 0 Å². The zero-order valence-electron chi connectivity index (χ0n) is 19.6. The molecular formula is C27H24Cl2N2O4. The van der Waals surface area contributed by atoms with Crippen LogP contribution in [0.2, 0.25) is 10.0 Å². The van der Waals surface area contributed by atoms with Crippen LogP contribution in [-0.4, -0.2) is 27.9 Å². The van der Waals surface area contributed by atoms with E-state index in [-0.39, 0.29) is 22.9 Å². The number of nitrogens with one attached hydrogen (secondary N) is 1. The monoisotopic (exact) mass is 510 g/mol. The zero-order valence-corrected chi connectivity index (χ0v) is 21.2. The molecule has 1 atom stereocenters. The molecule has 0 aliphatic rings. The molecule has 2 aromatic carbocycles. The van der Waals surface area contributed by atoms with Gasteiger partial charge in [0.1, 0.15) is 11.8 Å². The number of Topliss-reactive ketones (excluding diaryl/α,β-unsaturated/α-hetero) is 1. The number of hydrogen-bond donors (Lipinski definition) is 2. The van der Waals surface area contributed by atoms with E-state index < -0.39 is 17.4 Å². The first kappa shape index (κ1) is 24.9. The summed E-state index contributed by atoms with van der Waals surface area (Å²) in [5, 5.41) is 13.9. The average molecular weight is 511 g/mol. The number of halogens is 2. The van der Waals surface area contributed by atoms with E-state index >= 15 is 0 Å². The van der Waals surface area contributed by atoms with Crippen molar-refractivity contribution >= 4 is 51.7 Å². The van der Waals surface area contributed by atoms with Crippen LogP contribution in [0.4, 0.5) is 5.69 Å². The molecule has 0 radical (unpaired) electrons. The van der Waals surface area contributed by atoms with E-state index in [0.717, 1.165) is 5.56 Å². The summed E-state index contributed by atoms with van der Waals surface area (Å²) < 4.78 is 5.96. The maximum absolute atomic E-state index is 13.2. The van der Waals surface area contributed by atoms with E-state index in [4.69, 9.17) is 32.6 Å². The number of nitrogens with zero attached hydrogens (tertiary/aromatic N) is 1. The lowest BCUT2D eigenvalue weighted by Gasteiger charge is -2.16. The Morgan fingerprint density at radius 2 is 1.69 bits per heavy atom. The fourth-order valence-electron chi connectivity index (χ4n) is 3.58. The minimum atomic E-state index is -1.29. The predicted octanol–water partition coefficient (Wildman–Crippen LogP) is 7.02. The number of hydrogen-bond acceptors (Lipinski definition) is 5. The van der Waals surface area contributed by atoms with Gasteiger partial charge in [0.2, 0.25) is 11.5 Å². The molecule has 35 heavy (non-hydrogen) atoms. The van der Waals surface area contributed by atoms with Crippen LogP contribution in [0.5, 0.6) is 0 Å². The lowest BCUT2D eigenvalue weighted by molar-refractivity contribution is -0.123. The number of carbonyl (C=O) groups excluding carboxylic acids is 2. The van der Waals surface area contributed by atoms with E-state index in [1.165, 1.54) is 6.92 Å². The van der Waals surface area contributed by atoms with Crippen LogP contribution in [0.25, 0.3) is 33.5 Å². The summed E-state index contributed by atoms with van der Waals surface area (Å²) in [4.78, 5) is 30.4. The number of carbonyl (C=O) groups is 2. The molecule has 4 aromatic rings. The number of fused-ring (bicyclic) bond motifs is 1. The van der Waals surface area contributed by atoms with Gasteiger partial charge in [-0.2, -0.15) is 0 Å². The van der Waals surface area contributed by atoms with Gasteiger partial charge in [-0.25, -0.2) is 4.98 Å². The lowest BCUT2D eigenvalue weighted by Crippen LogP contribution is -2.26. The molecule has 2 heterocycles. The maximum atomic E-state index is 13.2. The van der Waals surface area contributed by atoms with Crippen LogP contribution < -0.4 is 5.32 Å². The second-order valence-corrected chi connectivity index (χ2v) is 10.1. The van der Waals surface area contributed by atoms with Gasteiger partial charge in [0.25, 0.3) is 5.91 Å². The van der Waals surface area contributed by atoms with E-state index in [1.54, 1.807) is 45.0 Å². The Bertz CT molecular complexity index is 1430. The van der Waals surface area contributed by atoms with Gasteiger partial charge in [-0.15, -0.1) is 0 Å². The molecule has 2 N–H and O–H groups in total. The summed E-state index contributed by atoms with van der Waals surface area (Å²) in [5.41, 5.74) is 2.26. The predicted molar refractivity (Wildman–Crippen MR) is 139 cm³/mol. The van der Waals surface area contributed by atoms with Gasteiger partial charge >= 0.3 is 0 Å². The third-order valence-corrected chi connectivity index (χ3v) is 6.06. The van der Waals surface area contributed by atoms with Crippen molar-refractivity contribution in [2.24, 2.45) is 5.41 Å². The molecule has 0 spiro atoms. The number of ketones is 1.